The van der Waals surface area contributed by atoms with Gasteiger partial charge in [-0.25, -0.2) is 4.79 Å². The minimum Gasteiger partial charge on any atom is -0.478 e. The highest BCUT2D eigenvalue weighted by Crippen LogP contribution is 2.40. The van der Waals surface area contributed by atoms with E-state index in [1.165, 1.54) is 5.56 Å². The number of benzene rings is 2. The number of amides is 1. The van der Waals surface area contributed by atoms with Crippen molar-refractivity contribution in [2.24, 2.45) is 0 Å². The zero-order valence-corrected chi connectivity index (χ0v) is 17.4. The van der Waals surface area contributed by atoms with Crippen LogP contribution in [0.2, 0.25) is 0 Å². The molecule has 0 aliphatic carbocycles. The van der Waals surface area contributed by atoms with Gasteiger partial charge in [-0.15, -0.1) is 0 Å². The van der Waals surface area contributed by atoms with Crippen LogP contribution in [-0.4, -0.2) is 36.2 Å². The average Bonchev–Trinajstić information content (AvgIpc) is 2.74. The SMILES string of the molecule is CC(=O)N1c2ccc(C(=O)O)cc2C(Nc2ccc(C3CCOCC3)cc2)CC1C. The fourth-order valence-electron chi connectivity index (χ4n) is 4.70. The van der Waals surface area contributed by atoms with E-state index in [1.54, 1.807) is 30.0 Å². The molecule has 0 saturated carbocycles. The fourth-order valence-corrected chi connectivity index (χ4v) is 4.70. The predicted octanol–water partition coefficient (Wildman–Crippen LogP) is 4.58. The highest BCUT2D eigenvalue weighted by atomic mass is 16.5. The van der Waals surface area contributed by atoms with Crippen molar-refractivity contribution in [3.05, 3.63) is 59.2 Å². The van der Waals surface area contributed by atoms with Gasteiger partial charge in [-0.2, -0.15) is 0 Å². The molecular formula is C24H28N2O4. The van der Waals surface area contributed by atoms with Gasteiger partial charge < -0.3 is 20.1 Å². The zero-order valence-electron chi connectivity index (χ0n) is 17.4. The molecule has 6 heteroatoms. The Kier molecular flexibility index (Phi) is 5.77. The minimum absolute atomic E-state index is 0.0182. The van der Waals surface area contributed by atoms with Crippen LogP contribution in [0.15, 0.2) is 42.5 Å². The lowest BCUT2D eigenvalue weighted by Gasteiger charge is -2.39. The number of carboxylic acids is 1. The van der Waals surface area contributed by atoms with E-state index in [1.807, 2.05) is 6.92 Å². The van der Waals surface area contributed by atoms with E-state index < -0.39 is 5.97 Å². The normalized spacial score (nSPS) is 21.7. The van der Waals surface area contributed by atoms with Crippen molar-refractivity contribution in [2.75, 3.05) is 23.4 Å². The van der Waals surface area contributed by atoms with Crippen LogP contribution in [0.25, 0.3) is 0 Å². The Bertz CT molecular complexity index is 935. The van der Waals surface area contributed by atoms with Crippen LogP contribution in [-0.2, 0) is 9.53 Å². The van der Waals surface area contributed by atoms with Gasteiger partial charge in [0.2, 0.25) is 5.91 Å². The molecule has 2 aromatic rings. The molecule has 1 amide bonds. The standard InChI is InChI=1S/C24H28N2O4/c1-15-13-22(21-14-19(24(28)29)5-8-23(21)26(15)16(2)27)25-20-6-3-17(4-7-20)18-9-11-30-12-10-18/h3-8,14-15,18,22,25H,9-13H2,1-2H3,(H,28,29). The van der Waals surface area contributed by atoms with Crippen LogP contribution in [0, 0.1) is 0 Å². The third kappa shape index (κ3) is 4.05. The number of carbonyl (C=O) groups excluding carboxylic acids is 1. The second kappa shape index (κ2) is 8.48. The second-order valence-corrected chi connectivity index (χ2v) is 8.26. The molecule has 2 heterocycles. The van der Waals surface area contributed by atoms with E-state index in [0.717, 1.165) is 43.0 Å². The van der Waals surface area contributed by atoms with Crippen LogP contribution in [0.1, 0.15) is 66.6 Å². The predicted molar refractivity (Wildman–Crippen MR) is 116 cm³/mol. The number of rotatable bonds is 4. The molecule has 30 heavy (non-hydrogen) atoms. The summed E-state index contributed by atoms with van der Waals surface area (Å²) in [5.74, 6) is -0.457. The molecule has 0 bridgehead atoms. The number of carboxylic acid groups (broad SMARTS) is 1. The molecule has 1 saturated heterocycles. The Hall–Kier alpha value is -2.86. The summed E-state index contributed by atoms with van der Waals surface area (Å²) in [6.07, 6.45) is 2.82. The number of nitrogens with zero attached hydrogens (tertiary/aromatic N) is 1. The average molecular weight is 408 g/mol. The molecule has 2 unspecified atom stereocenters. The van der Waals surface area contributed by atoms with Crippen molar-refractivity contribution in [3.63, 3.8) is 0 Å². The molecule has 2 aromatic carbocycles. The summed E-state index contributed by atoms with van der Waals surface area (Å²) in [5.41, 5.74) is 4.18. The van der Waals surface area contributed by atoms with Gasteiger partial charge in [0.15, 0.2) is 0 Å². The quantitative estimate of drug-likeness (QED) is 0.774. The highest BCUT2D eigenvalue weighted by molar-refractivity contribution is 5.95. The largest absolute Gasteiger partial charge is 0.478 e. The lowest BCUT2D eigenvalue weighted by Crippen LogP contribution is -2.43. The lowest BCUT2D eigenvalue weighted by atomic mass is 9.89. The molecule has 0 spiro atoms. The molecule has 1 fully saturated rings. The van der Waals surface area contributed by atoms with Gasteiger partial charge in [-0.05, 0) is 73.6 Å². The van der Waals surface area contributed by atoms with Gasteiger partial charge in [0.05, 0.1) is 11.6 Å². The Balaban J connectivity index is 1.60. The van der Waals surface area contributed by atoms with E-state index in [0.29, 0.717) is 12.3 Å². The van der Waals surface area contributed by atoms with E-state index in [9.17, 15) is 14.7 Å². The third-order valence-electron chi connectivity index (χ3n) is 6.21. The first kappa shape index (κ1) is 20.4. The fraction of sp³-hybridized carbons (Fsp3) is 0.417. The van der Waals surface area contributed by atoms with Gasteiger partial charge in [-0.1, -0.05) is 12.1 Å². The molecule has 0 aromatic heterocycles. The first-order valence-electron chi connectivity index (χ1n) is 10.6. The van der Waals surface area contributed by atoms with Crippen LogP contribution >= 0.6 is 0 Å². The summed E-state index contributed by atoms with van der Waals surface area (Å²) >= 11 is 0. The molecule has 2 N–H and O–H groups in total. The van der Waals surface area contributed by atoms with Crippen molar-refractivity contribution in [2.45, 2.75) is 51.1 Å². The number of ether oxygens (including phenoxy) is 1. The number of aromatic carboxylic acids is 1. The molecule has 2 aliphatic rings. The van der Waals surface area contributed by atoms with Crippen LogP contribution in [0.4, 0.5) is 11.4 Å². The van der Waals surface area contributed by atoms with Gasteiger partial charge >= 0.3 is 5.97 Å². The maximum Gasteiger partial charge on any atom is 0.335 e. The Labute approximate surface area is 176 Å². The summed E-state index contributed by atoms with van der Waals surface area (Å²) < 4.78 is 5.46. The summed E-state index contributed by atoms with van der Waals surface area (Å²) in [5, 5.41) is 13.0. The van der Waals surface area contributed by atoms with E-state index >= 15 is 0 Å². The Morgan fingerprint density at radius 1 is 1.10 bits per heavy atom. The summed E-state index contributed by atoms with van der Waals surface area (Å²) in [4.78, 5) is 25.5. The summed E-state index contributed by atoms with van der Waals surface area (Å²) in [7, 11) is 0. The smallest absolute Gasteiger partial charge is 0.335 e. The van der Waals surface area contributed by atoms with Gasteiger partial charge in [-0.3, -0.25) is 4.79 Å². The molecule has 0 radical (unpaired) electrons. The third-order valence-corrected chi connectivity index (χ3v) is 6.21. The van der Waals surface area contributed by atoms with Crippen LogP contribution in [0.5, 0.6) is 0 Å². The topological polar surface area (TPSA) is 78.9 Å². The van der Waals surface area contributed by atoms with E-state index in [4.69, 9.17) is 4.74 Å². The number of fused-ring (bicyclic) bond motifs is 1. The van der Waals surface area contributed by atoms with Gasteiger partial charge in [0, 0.05) is 37.6 Å². The van der Waals surface area contributed by atoms with Crippen molar-refractivity contribution < 1.29 is 19.4 Å². The number of hydrogen-bond acceptors (Lipinski definition) is 4. The summed E-state index contributed by atoms with van der Waals surface area (Å²) in [6, 6.07) is 13.5. The Morgan fingerprint density at radius 3 is 2.43 bits per heavy atom. The lowest BCUT2D eigenvalue weighted by molar-refractivity contribution is -0.117. The first-order chi connectivity index (χ1) is 14.4. The van der Waals surface area contributed by atoms with E-state index in [-0.39, 0.29) is 23.6 Å². The summed E-state index contributed by atoms with van der Waals surface area (Å²) in [6.45, 7) is 5.21. The Morgan fingerprint density at radius 2 is 1.80 bits per heavy atom. The number of anilines is 2. The van der Waals surface area contributed by atoms with Gasteiger partial charge in [0.25, 0.3) is 0 Å². The van der Waals surface area contributed by atoms with Crippen molar-refractivity contribution in [3.8, 4) is 0 Å². The monoisotopic (exact) mass is 408 g/mol. The van der Waals surface area contributed by atoms with Crippen molar-refractivity contribution >= 4 is 23.3 Å². The van der Waals surface area contributed by atoms with Crippen LogP contribution < -0.4 is 10.2 Å². The molecule has 4 rings (SSSR count). The minimum atomic E-state index is -0.967. The van der Waals surface area contributed by atoms with Crippen molar-refractivity contribution in [1.29, 1.82) is 0 Å². The second-order valence-electron chi connectivity index (χ2n) is 8.26. The van der Waals surface area contributed by atoms with Gasteiger partial charge in [0.1, 0.15) is 0 Å². The molecule has 6 nitrogen and oxygen atoms in total. The highest BCUT2D eigenvalue weighted by Gasteiger charge is 2.33. The van der Waals surface area contributed by atoms with Crippen LogP contribution in [0.3, 0.4) is 0 Å². The first-order valence-corrected chi connectivity index (χ1v) is 10.6. The number of nitrogens with one attached hydrogen (secondary N) is 1. The molecular weight excluding hydrogens is 380 g/mol. The molecule has 2 atom stereocenters. The van der Waals surface area contributed by atoms with Crippen molar-refractivity contribution in [1.82, 2.24) is 0 Å². The molecule has 158 valence electrons. The number of carbonyl (C=O) groups is 2. The van der Waals surface area contributed by atoms with E-state index in [2.05, 4.69) is 29.6 Å². The number of hydrogen-bond donors (Lipinski definition) is 2. The molecule has 2 aliphatic heterocycles. The maximum absolute atomic E-state index is 12.2. The zero-order chi connectivity index (χ0) is 21.3. The maximum atomic E-state index is 12.2.